The monoisotopic (exact) mass is 360 g/mol. The number of azo groups is 1. The Hall–Kier alpha value is -3.63. The summed E-state index contributed by atoms with van der Waals surface area (Å²) in [6.45, 7) is 1.39. The Morgan fingerprint density at radius 3 is 2.56 bits per heavy atom. The largest absolute Gasteiger partial charge is 0.392 e. The molecule has 1 heterocycles. The number of rotatable bonds is 4. The molecular formula is C20H16N4O3. The molecule has 0 bridgehead atoms. The van der Waals surface area contributed by atoms with Crippen LogP contribution in [0.1, 0.15) is 12.5 Å². The van der Waals surface area contributed by atoms with Gasteiger partial charge in [0.25, 0.3) is 11.8 Å². The average Bonchev–Trinajstić information content (AvgIpc) is 2.69. The summed E-state index contributed by atoms with van der Waals surface area (Å²) in [7, 11) is 0. The second kappa shape index (κ2) is 7.72. The fourth-order valence-corrected chi connectivity index (χ4v) is 2.76. The first-order valence-corrected chi connectivity index (χ1v) is 8.21. The zero-order valence-electron chi connectivity index (χ0n) is 14.5. The molecule has 0 aliphatic carbocycles. The fourth-order valence-electron chi connectivity index (χ4n) is 2.76. The standard InChI is InChI=1S/C20H16N4O3/c1-13-17(11-21)19(26)24(16-8-3-2-4-9-16)20(27)18(13)23-22-15-7-5-6-14(10-15)12-25/h2-10,18,25H,12H2,1H3. The molecule has 1 atom stereocenters. The molecule has 7 heteroatoms. The van der Waals surface area contributed by atoms with Gasteiger partial charge >= 0.3 is 0 Å². The third-order valence-electron chi connectivity index (χ3n) is 4.18. The van der Waals surface area contributed by atoms with Crippen molar-refractivity contribution in [3.8, 4) is 6.07 Å². The third-order valence-corrected chi connectivity index (χ3v) is 4.18. The van der Waals surface area contributed by atoms with Crippen LogP contribution in [0.5, 0.6) is 0 Å². The van der Waals surface area contributed by atoms with Crippen molar-refractivity contribution in [1.82, 2.24) is 0 Å². The smallest absolute Gasteiger partial charge is 0.275 e. The van der Waals surface area contributed by atoms with Gasteiger partial charge in [-0.15, -0.1) is 0 Å². The van der Waals surface area contributed by atoms with Gasteiger partial charge < -0.3 is 5.11 Å². The van der Waals surface area contributed by atoms with E-state index in [1.165, 1.54) is 6.92 Å². The molecule has 1 unspecified atom stereocenters. The van der Waals surface area contributed by atoms with E-state index in [1.807, 2.05) is 6.07 Å². The molecule has 1 aliphatic heterocycles. The highest BCUT2D eigenvalue weighted by atomic mass is 16.3. The number of amides is 2. The minimum absolute atomic E-state index is 0.119. The number of aliphatic hydroxyl groups is 1. The number of imide groups is 1. The lowest BCUT2D eigenvalue weighted by Crippen LogP contribution is -2.48. The highest BCUT2D eigenvalue weighted by Gasteiger charge is 2.40. The molecule has 1 N–H and O–H groups in total. The van der Waals surface area contributed by atoms with Crippen molar-refractivity contribution < 1.29 is 14.7 Å². The number of hydrogen-bond acceptors (Lipinski definition) is 6. The molecule has 27 heavy (non-hydrogen) atoms. The van der Waals surface area contributed by atoms with E-state index in [0.29, 0.717) is 16.9 Å². The summed E-state index contributed by atoms with van der Waals surface area (Å²) in [5.41, 5.74) is 1.64. The number of hydrogen-bond donors (Lipinski definition) is 1. The molecule has 7 nitrogen and oxygen atoms in total. The highest BCUT2D eigenvalue weighted by molar-refractivity contribution is 6.27. The molecule has 0 saturated heterocycles. The predicted octanol–water partition coefficient (Wildman–Crippen LogP) is 3.04. The maximum Gasteiger partial charge on any atom is 0.275 e. The fraction of sp³-hybridized carbons (Fsp3) is 0.150. The van der Waals surface area contributed by atoms with E-state index in [2.05, 4.69) is 10.2 Å². The van der Waals surface area contributed by atoms with Gasteiger partial charge in [0, 0.05) is 0 Å². The summed E-state index contributed by atoms with van der Waals surface area (Å²) < 4.78 is 0. The number of anilines is 1. The van der Waals surface area contributed by atoms with Gasteiger partial charge in [-0.05, 0) is 42.3 Å². The SMILES string of the molecule is CC1=C(C#N)C(=O)N(c2ccccc2)C(=O)C1N=Nc1cccc(CO)c1. The second-order valence-electron chi connectivity index (χ2n) is 5.93. The van der Waals surface area contributed by atoms with Gasteiger partial charge in [0.05, 0.1) is 18.0 Å². The first-order valence-electron chi connectivity index (χ1n) is 8.21. The van der Waals surface area contributed by atoms with E-state index in [9.17, 15) is 20.0 Å². The van der Waals surface area contributed by atoms with Gasteiger partial charge in [0.15, 0.2) is 6.04 Å². The quantitative estimate of drug-likeness (QED) is 0.668. The molecule has 0 radical (unpaired) electrons. The predicted molar refractivity (Wildman–Crippen MR) is 97.9 cm³/mol. The van der Waals surface area contributed by atoms with Gasteiger partial charge in [0.2, 0.25) is 0 Å². The van der Waals surface area contributed by atoms with Gasteiger partial charge in [-0.1, -0.05) is 30.3 Å². The van der Waals surface area contributed by atoms with Gasteiger partial charge in [-0.2, -0.15) is 15.5 Å². The number of carbonyl (C=O) groups excluding carboxylic acids is 2. The van der Waals surface area contributed by atoms with E-state index in [4.69, 9.17) is 0 Å². The Morgan fingerprint density at radius 2 is 1.89 bits per heavy atom. The van der Waals surface area contributed by atoms with Crippen molar-refractivity contribution in [3.63, 3.8) is 0 Å². The number of nitriles is 1. The summed E-state index contributed by atoms with van der Waals surface area (Å²) >= 11 is 0. The van der Waals surface area contributed by atoms with Crippen LogP contribution in [0, 0.1) is 11.3 Å². The summed E-state index contributed by atoms with van der Waals surface area (Å²) in [6.07, 6.45) is 0. The molecule has 0 saturated carbocycles. The third kappa shape index (κ3) is 3.52. The topological polar surface area (TPSA) is 106 Å². The summed E-state index contributed by atoms with van der Waals surface area (Å²) in [6, 6.07) is 16.0. The number of benzene rings is 2. The van der Waals surface area contributed by atoms with Gasteiger partial charge in [0.1, 0.15) is 11.6 Å². The average molecular weight is 360 g/mol. The summed E-state index contributed by atoms with van der Waals surface area (Å²) in [5.74, 6) is -1.23. The van der Waals surface area contributed by atoms with Crippen LogP contribution in [-0.2, 0) is 16.2 Å². The summed E-state index contributed by atoms with van der Waals surface area (Å²) in [4.78, 5) is 26.5. The van der Waals surface area contributed by atoms with Crippen LogP contribution in [0.3, 0.4) is 0 Å². The number of aliphatic hydroxyl groups excluding tert-OH is 1. The van der Waals surface area contributed by atoms with E-state index < -0.39 is 17.9 Å². The second-order valence-corrected chi connectivity index (χ2v) is 5.93. The van der Waals surface area contributed by atoms with Gasteiger partial charge in [-0.25, -0.2) is 4.90 Å². The molecule has 2 amide bonds. The van der Waals surface area contributed by atoms with E-state index in [0.717, 1.165) is 4.90 Å². The molecule has 0 spiro atoms. The molecule has 2 aromatic carbocycles. The molecule has 1 aliphatic rings. The molecule has 134 valence electrons. The van der Waals surface area contributed by atoms with Crippen molar-refractivity contribution in [1.29, 1.82) is 5.26 Å². The summed E-state index contributed by atoms with van der Waals surface area (Å²) in [5, 5.41) is 26.8. The van der Waals surface area contributed by atoms with Crippen LogP contribution in [0.4, 0.5) is 11.4 Å². The van der Waals surface area contributed by atoms with Gasteiger partial charge in [-0.3, -0.25) is 9.59 Å². The van der Waals surface area contributed by atoms with Crippen molar-refractivity contribution in [2.75, 3.05) is 4.90 Å². The van der Waals surface area contributed by atoms with Crippen molar-refractivity contribution in [3.05, 3.63) is 71.3 Å². The lowest BCUT2D eigenvalue weighted by molar-refractivity contribution is -0.125. The van der Waals surface area contributed by atoms with Crippen molar-refractivity contribution >= 4 is 23.2 Å². The minimum atomic E-state index is -1.07. The number of carbonyl (C=O) groups is 2. The molecule has 3 rings (SSSR count). The Labute approximate surface area is 155 Å². The van der Waals surface area contributed by atoms with Crippen molar-refractivity contribution in [2.24, 2.45) is 10.2 Å². The Kier molecular flexibility index (Phi) is 5.20. The Morgan fingerprint density at radius 1 is 1.15 bits per heavy atom. The molecular weight excluding hydrogens is 344 g/mol. The first-order chi connectivity index (χ1) is 13.1. The molecule has 2 aromatic rings. The van der Waals surface area contributed by atoms with Crippen LogP contribution in [0.25, 0.3) is 0 Å². The highest BCUT2D eigenvalue weighted by Crippen LogP contribution is 2.28. The lowest BCUT2D eigenvalue weighted by atomic mass is 9.96. The van der Waals surface area contributed by atoms with Crippen LogP contribution in [0.15, 0.2) is 76.0 Å². The van der Waals surface area contributed by atoms with E-state index in [-0.39, 0.29) is 17.8 Å². The zero-order chi connectivity index (χ0) is 19.4. The minimum Gasteiger partial charge on any atom is -0.392 e. The molecule has 0 fully saturated rings. The van der Waals surface area contributed by atoms with Crippen LogP contribution < -0.4 is 4.90 Å². The van der Waals surface area contributed by atoms with E-state index in [1.54, 1.807) is 54.6 Å². The Bertz CT molecular complexity index is 990. The maximum absolute atomic E-state index is 12.9. The first kappa shape index (κ1) is 18.2. The zero-order valence-corrected chi connectivity index (χ0v) is 14.5. The van der Waals surface area contributed by atoms with Crippen LogP contribution >= 0.6 is 0 Å². The number of para-hydroxylation sites is 1. The van der Waals surface area contributed by atoms with Crippen LogP contribution in [-0.4, -0.2) is 23.0 Å². The van der Waals surface area contributed by atoms with E-state index >= 15 is 0 Å². The van der Waals surface area contributed by atoms with Crippen molar-refractivity contribution in [2.45, 2.75) is 19.6 Å². The Balaban J connectivity index is 2.01. The molecule has 0 aromatic heterocycles. The lowest BCUT2D eigenvalue weighted by Gasteiger charge is -2.28. The van der Waals surface area contributed by atoms with Crippen LogP contribution in [0.2, 0.25) is 0 Å². The normalized spacial score (nSPS) is 17.5. The maximum atomic E-state index is 12.9. The number of nitrogens with zero attached hydrogens (tertiary/aromatic N) is 4.